The maximum Gasteiger partial charge on any atom is 0.161 e. The first-order valence-corrected chi connectivity index (χ1v) is 7.24. The fourth-order valence-corrected chi connectivity index (χ4v) is 2.72. The molecular formula is C16H25ClNO2-. The lowest BCUT2D eigenvalue weighted by molar-refractivity contribution is -0.00000458. The number of rotatable bonds is 6. The lowest BCUT2D eigenvalue weighted by atomic mass is 9.98. The fraction of sp³-hybridized carbons (Fsp3) is 0.625. The van der Waals surface area contributed by atoms with E-state index in [1.54, 1.807) is 14.2 Å². The van der Waals surface area contributed by atoms with Gasteiger partial charge in [-0.15, -0.1) is 0 Å². The van der Waals surface area contributed by atoms with Crippen molar-refractivity contribution in [2.45, 2.75) is 39.2 Å². The summed E-state index contributed by atoms with van der Waals surface area (Å²) in [6, 6.07) is 4.28. The van der Waals surface area contributed by atoms with Crippen LogP contribution in [-0.2, 0) is 13.0 Å². The van der Waals surface area contributed by atoms with Crippen molar-refractivity contribution in [2.24, 2.45) is 0 Å². The Morgan fingerprint density at radius 1 is 1.05 bits per heavy atom. The molecule has 1 aliphatic heterocycles. The molecule has 1 aromatic rings. The molecule has 3 nitrogen and oxygen atoms in total. The van der Waals surface area contributed by atoms with Crippen LogP contribution in [0, 0.1) is 0 Å². The molecule has 4 heteroatoms. The lowest BCUT2D eigenvalue weighted by Gasteiger charge is -2.29. The Morgan fingerprint density at radius 3 is 2.30 bits per heavy atom. The molecule has 0 N–H and O–H groups in total. The standard InChI is InChI=1S/C16H25NO2.ClH/c1-4-5-6-8-17-9-7-13-10-15(18-2)16(19-3)11-14(13)12-17;/h10-11H,4-9,12H2,1-3H3;1H/p-1. The van der Waals surface area contributed by atoms with Crippen LogP contribution in [0.25, 0.3) is 0 Å². The van der Waals surface area contributed by atoms with Crippen LogP contribution in [-0.4, -0.2) is 32.2 Å². The summed E-state index contributed by atoms with van der Waals surface area (Å²) in [6.45, 7) is 5.66. The number of hydrogen-bond donors (Lipinski definition) is 0. The summed E-state index contributed by atoms with van der Waals surface area (Å²) in [5.74, 6) is 1.69. The number of nitrogens with zero attached hydrogens (tertiary/aromatic N) is 1. The van der Waals surface area contributed by atoms with Gasteiger partial charge in [0.05, 0.1) is 14.2 Å². The number of unbranched alkanes of at least 4 members (excludes halogenated alkanes) is 2. The van der Waals surface area contributed by atoms with Crippen molar-refractivity contribution in [3.05, 3.63) is 23.3 Å². The first-order valence-electron chi connectivity index (χ1n) is 7.24. The normalized spacial score (nSPS) is 14.3. The van der Waals surface area contributed by atoms with Crippen LogP contribution >= 0.6 is 0 Å². The number of methoxy groups -OCH3 is 2. The fourth-order valence-electron chi connectivity index (χ4n) is 2.72. The van der Waals surface area contributed by atoms with E-state index in [2.05, 4.69) is 24.0 Å². The summed E-state index contributed by atoms with van der Waals surface area (Å²) in [5, 5.41) is 0. The van der Waals surface area contributed by atoms with Gasteiger partial charge in [0.25, 0.3) is 0 Å². The molecule has 0 aromatic heterocycles. The van der Waals surface area contributed by atoms with E-state index in [0.717, 1.165) is 31.0 Å². The van der Waals surface area contributed by atoms with Gasteiger partial charge in [0.1, 0.15) is 0 Å². The smallest absolute Gasteiger partial charge is 0.161 e. The van der Waals surface area contributed by atoms with E-state index >= 15 is 0 Å². The van der Waals surface area contributed by atoms with Crippen LogP contribution in [0.4, 0.5) is 0 Å². The van der Waals surface area contributed by atoms with Gasteiger partial charge in [-0.05, 0) is 42.6 Å². The van der Waals surface area contributed by atoms with E-state index in [4.69, 9.17) is 9.47 Å². The Morgan fingerprint density at radius 2 is 1.70 bits per heavy atom. The zero-order valence-corrected chi connectivity index (χ0v) is 13.5. The highest BCUT2D eigenvalue weighted by atomic mass is 35.5. The Kier molecular flexibility index (Phi) is 7.17. The van der Waals surface area contributed by atoms with Crippen LogP contribution in [0.15, 0.2) is 12.1 Å². The molecule has 0 radical (unpaired) electrons. The van der Waals surface area contributed by atoms with Crippen molar-refractivity contribution in [3.8, 4) is 11.5 Å². The lowest BCUT2D eigenvalue weighted by Crippen LogP contribution is -3.00. The molecule has 0 saturated carbocycles. The predicted octanol–water partition coefficient (Wildman–Crippen LogP) is 0.256. The van der Waals surface area contributed by atoms with Gasteiger partial charge in [-0.3, -0.25) is 4.90 Å². The SMILES string of the molecule is CCCCCN1CCc2cc(OC)c(OC)cc2C1.[Cl-]. The van der Waals surface area contributed by atoms with Gasteiger partial charge < -0.3 is 21.9 Å². The van der Waals surface area contributed by atoms with Crippen molar-refractivity contribution in [2.75, 3.05) is 27.3 Å². The first kappa shape index (κ1) is 17.1. The number of halogens is 1. The number of hydrogen-bond acceptors (Lipinski definition) is 3. The minimum atomic E-state index is 0. The van der Waals surface area contributed by atoms with Gasteiger partial charge in [0, 0.05) is 13.1 Å². The largest absolute Gasteiger partial charge is 1.00 e. The van der Waals surface area contributed by atoms with E-state index in [-0.39, 0.29) is 12.4 Å². The third-order valence-corrected chi connectivity index (χ3v) is 3.88. The Labute approximate surface area is 128 Å². The first-order chi connectivity index (χ1) is 9.28. The molecule has 2 rings (SSSR count). The molecule has 1 aromatic carbocycles. The van der Waals surface area contributed by atoms with Crippen LogP contribution in [0.3, 0.4) is 0 Å². The summed E-state index contributed by atoms with van der Waals surface area (Å²) in [5.41, 5.74) is 2.80. The average Bonchev–Trinajstić information content (AvgIpc) is 2.46. The monoisotopic (exact) mass is 298 g/mol. The highest BCUT2D eigenvalue weighted by Crippen LogP contribution is 2.33. The second-order valence-corrected chi connectivity index (χ2v) is 5.21. The molecular weight excluding hydrogens is 274 g/mol. The maximum atomic E-state index is 5.39. The third kappa shape index (κ3) is 4.03. The number of ether oxygens (including phenoxy) is 2. The molecule has 20 heavy (non-hydrogen) atoms. The van der Waals surface area contributed by atoms with E-state index in [0.29, 0.717) is 0 Å². The number of benzene rings is 1. The zero-order chi connectivity index (χ0) is 13.7. The van der Waals surface area contributed by atoms with E-state index in [9.17, 15) is 0 Å². The van der Waals surface area contributed by atoms with E-state index < -0.39 is 0 Å². The van der Waals surface area contributed by atoms with Gasteiger partial charge in [-0.1, -0.05) is 19.8 Å². The van der Waals surface area contributed by atoms with E-state index in [1.807, 2.05) is 0 Å². The van der Waals surface area contributed by atoms with Crippen LogP contribution in [0.5, 0.6) is 11.5 Å². The summed E-state index contributed by atoms with van der Waals surface area (Å²) in [6.07, 6.45) is 5.03. The Bertz CT molecular complexity index is 423. The molecule has 0 aliphatic carbocycles. The van der Waals surface area contributed by atoms with Gasteiger partial charge in [0.15, 0.2) is 11.5 Å². The molecule has 1 aliphatic rings. The van der Waals surface area contributed by atoms with Gasteiger partial charge in [-0.25, -0.2) is 0 Å². The molecule has 0 saturated heterocycles. The second-order valence-electron chi connectivity index (χ2n) is 5.21. The minimum Gasteiger partial charge on any atom is -1.00 e. The van der Waals surface area contributed by atoms with Crippen LogP contribution in [0.1, 0.15) is 37.3 Å². The molecule has 0 amide bonds. The molecule has 0 bridgehead atoms. The third-order valence-electron chi connectivity index (χ3n) is 3.88. The van der Waals surface area contributed by atoms with Gasteiger partial charge in [0.2, 0.25) is 0 Å². The van der Waals surface area contributed by atoms with Crippen molar-refractivity contribution < 1.29 is 21.9 Å². The molecule has 1 heterocycles. The highest BCUT2D eigenvalue weighted by molar-refractivity contribution is 5.48. The molecule has 114 valence electrons. The van der Waals surface area contributed by atoms with Crippen LogP contribution in [0.2, 0.25) is 0 Å². The quantitative estimate of drug-likeness (QED) is 0.703. The topological polar surface area (TPSA) is 21.7 Å². The molecule has 0 fully saturated rings. The molecule has 0 unspecified atom stereocenters. The van der Waals surface area contributed by atoms with Crippen LogP contribution < -0.4 is 21.9 Å². The second kappa shape index (κ2) is 8.38. The van der Waals surface area contributed by atoms with Crippen molar-refractivity contribution in [1.82, 2.24) is 4.90 Å². The molecule has 0 spiro atoms. The van der Waals surface area contributed by atoms with Crippen molar-refractivity contribution >= 4 is 0 Å². The predicted molar refractivity (Wildman–Crippen MR) is 78.1 cm³/mol. The summed E-state index contributed by atoms with van der Waals surface area (Å²) >= 11 is 0. The van der Waals surface area contributed by atoms with E-state index in [1.165, 1.54) is 36.9 Å². The average molecular weight is 299 g/mol. The van der Waals surface area contributed by atoms with Crippen molar-refractivity contribution in [1.29, 1.82) is 0 Å². The van der Waals surface area contributed by atoms with Crippen molar-refractivity contribution in [3.63, 3.8) is 0 Å². The zero-order valence-electron chi connectivity index (χ0n) is 12.7. The number of fused-ring (bicyclic) bond motifs is 1. The summed E-state index contributed by atoms with van der Waals surface area (Å²) < 4.78 is 10.8. The maximum absolute atomic E-state index is 5.39. The van der Waals surface area contributed by atoms with Gasteiger partial charge >= 0.3 is 0 Å². The molecule has 0 atom stereocenters. The van der Waals surface area contributed by atoms with Gasteiger partial charge in [-0.2, -0.15) is 0 Å². The Hall–Kier alpha value is -0.930. The summed E-state index contributed by atoms with van der Waals surface area (Å²) in [4.78, 5) is 2.55. The minimum absolute atomic E-state index is 0. The highest BCUT2D eigenvalue weighted by Gasteiger charge is 2.18. The summed E-state index contributed by atoms with van der Waals surface area (Å²) in [7, 11) is 3.40. The Balaban J connectivity index is 0.00000200.